The van der Waals surface area contributed by atoms with Gasteiger partial charge in [-0.3, -0.25) is 0 Å². The van der Waals surface area contributed by atoms with Gasteiger partial charge >= 0.3 is 31.4 Å². The van der Waals surface area contributed by atoms with E-state index in [2.05, 4.69) is 140 Å². The second kappa shape index (κ2) is 19.8. The number of hydrogen-bond donors (Lipinski definition) is 0. The zero-order chi connectivity index (χ0) is 50.7. The standard InChI is InChI=1S/C69H42N3O4.Ir/c73-68-60-35-44(39-71-66(60)56-22-10-12-24-64(56)75-68)28-26-42-32-43(27-29-45-36-61-67(72-40-45)57-23-11-13-25-65(57)76-69(61)74)34-48(33-42)49-16-4-5-17-50(49)62-41-70-63(46-14-2-1-3-15-46)38-58(62)47-30-31-55-53-20-7-6-18-51(53)52-19-8-9-21-54(52)59(55)37-47;/h1-14,16-21,24-25,30-41H,26-29H2;/q-3;+3. The second-order valence-electron chi connectivity index (χ2n) is 19.4. The second-order valence-corrected chi connectivity index (χ2v) is 19.4. The van der Waals surface area contributed by atoms with Crippen molar-refractivity contribution in [3.8, 4) is 44.6 Å². The van der Waals surface area contributed by atoms with Crippen LogP contribution >= 0.6 is 0 Å². The van der Waals surface area contributed by atoms with Gasteiger partial charge in [-0.25, -0.2) is 9.59 Å². The molecule has 5 aromatic heterocycles. The number of hydrogen-bond acceptors (Lipinski definition) is 7. The van der Waals surface area contributed by atoms with Crippen LogP contribution in [-0.2, 0) is 45.8 Å². The third-order valence-electron chi connectivity index (χ3n) is 14.8. The number of nitrogens with zero attached hydrogens (tertiary/aromatic N) is 3. The van der Waals surface area contributed by atoms with Crippen molar-refractivity contribution in [3.63, 3.8) is 0 Å². The van der Waals surface area contributed by atoms with Crippen molar-refractivity contribution in [2.24, 2.45) is 0 Å². The molecule has 366 valence electrons. The molecule has 0 fully saturated rings. The summed E-state index contributed by atoms with van der Waals surface area (Å²) in [5.74, 6) is 0. The molecule has 0 saturated carbocycles. The third kappa shape index (κ3) is 8.68. The van der Waals surface area contributed by atoms with Crippen LogP contribution in [0.2, 0.25) is 0 Å². The molecule has 77 heavy (non-hydrogen) atoms. The van der Waals surface area contributed by atoms with Crippen LogP contribution in [0.15, 0.2) is 225 Å². The van der Waals surface area contributed by atoms with E-state index in [1.165, 1.54) is 32.3 Å². The minimum absolute atomic E-state index is 0. The molecule has 0 N–H and O–H groups in total. The number of benzene rings is 9. The van der Waals surface area contributed by atoms with Crippen molar-refractivity contribution in [1.82, 2.24) is 15.0 Å². The minimum Gasteiger partial charge on any atom is -0.472 e. The van der Waals surface area contributed by atoms with Crippen LogP contribution in [0.3, 0.4) is 0 Å². The van der Waals surface area contributed by atoms with Gasteiger partial charge in [0.1, 0.15) is 0 Å². The largest absolute Gasteiger partial charge is 3.00 e. The van der Waals surface area contributed by atoms with E-state index in [4.69, 9.17) is 23.8 Å². The van der Waals surface area contributed by atoms with Crippen molar-refractivity contribution in [2.75, 3.05) is 0 Å². The van der Waals surface area contributed by atoms with Crippen LogP contribution in [0.25, 0.3) is 121 Å². The Bertz CT molecular complexity index is 4590. The van der Waals surface area contributed by atoms with Gasteiger partial charge < -0.3 is 23.8 Å². The van der Waals surface area contributed by atoms with Crippen molar-refractivity contribution in [2.45, 2.75) is 25.7 Å². The van der Waals surface area contributed by atoms with Crippen LogP contribution in [0.5, 0.6) is 0 Å². The fraction of sp³-hybridized carbons (Fsp3) is 0.0580. The maximum atomic E-state index is 13.3. The zero-order valence-electron chi connectivity index (χ0n) is 41.3. The summed E-state index contributed by atoms with van der Waals surface area (Å²) >= 11 is 0. The first kappa shape index (κ1) is 47.5. The zero-order valence-corrected chi connectivity index (χ0v) is 43.7. The number of pyridine rings is 3. The van der Waals surface area contributed by atoms with E-state index in [1.807, 2.05) is 48.9 Å². The predicted molar refractivity (Wildman–Crippen MR) is 305 cm³/mol. The molecule has 9 aromatic carbocycles. The summed E-state index contributed by atoms with van der Waals surface area (Å²) in [6, 6.07) is 74.2. The summed E-state index contributed by atoms with van der Waals surface area (Å²) in [4.78, 5) is 41.2. The van der Waals surface area contributed by atoms with Crippen molar-refractivity contribution < 1.29 is 28.9 Å². The molecule has 0 amide bonds. The molecule has 0 unspecified atom stereocenters. The van der Waals surface area contributed by atoms with Gasteiger partial charge in [0, 0.05) is 57.1 Å². The van der Waals surface area contributed by atoms with E-state index in [0.717, 1.165) is 66.9 Å². The normalized spacial score (nSPS) is 11.6. The van der Waals surface area contributed by atoms with Gasteiger partial charge in [-0.2, -0.15) is 0 Å². The molecule has 5 heterocycles. The molecule has 0 aliphatic rings. The first-order valence-electron chi connectivity index (χ1n) is 25.4. The SMILES string of the molecule is O=c1oc2ccc[c-]c2c2ncc(CCc3cc(CCc4cnc5c(c4)c(=O)oc4ccc[c-]c45)cc(-c4ccccc4-c4cnc(-c5[c-]cccc5)cc4-c4ccc5c6ccccc6c6ccccc6c5c4)c3)cc12.[Ir+3]. The van der Waals surface area contributed by atoms with Crippen LogP contribution in [0.4, 0.5) is 0 Å². The summed E-state index contributed by atoms with van der Waals surface area (Å²) in [5.41, 5.74) is 13.4. The fourth-order valence-electron chi connectivity index (χ4n) is 11.1. The molecule has 0 aliphatic heterocycles. The first-order chi connectivity index (χ1) is 37.5. The van der Waals surface area contributed by atoms with Gasteiger partial charge in [-0.05, 0) is 120 Å². The predicted octanol–water partition coefficient (Wildman–Crippen LogP) is 15.5. The molecule has 0 spiro atoms. The third-order valence-corrected chi connectivity index (χ3v) is 14.8. The van der Waals surface area contributed by atoms with Gasteiger partial charge in [0.15, 0.2) is 0 Å². The molecule has 14 rings (SSSR count). The molecule has 8 heteroatoms. The Morgan fingerprint density at radius 1 is 0.364 bits per heavy atom. The molecule has 14 aromatic rings. The van der Waals surface area contributed by atoms with Crippen LogP contribution < -0.4 is 11.3 Å². The Balaban J connectivity index is 0.00000566. The molecule has 0 aliphatic carbocycles. The molecule has 0 saturated heterocycles. The van der Waals surface area contributed by atoms with E-state index in [-0.39, 0.29) is 20.1 Å². The number of rotatable bonds is 10. The van der Waals surface area contributed by atoms with Crippen molar-refractivity contribution in [1.29, 1.82) is 0 Å². The Morgan fingerprint density at radius 2 is 0.883 bits per heavy atom. The van der Waals surface area contributed by atoms with Crippen molar-refractivity contribution in [3.05, 3.63) is 268 Å². The quantitative estimate of drug-likeness (QED) is 0.0764. The van der Waals surface area contributed by atoms with Crippen LogP contribution in [-0.4, -0.2) is 15.0 Å². The van der Waals surface area contributed by atoms with E-state index in [1.54, 1.807) is 36.4 Å². The van der Waals surface area contributed by atoms with Gasteiger partial charge in [0.2, 0.25) is 0 Å². The Hall–Kier alpha value is -9.20. The molecular formula is C69H42IrN3O4. The number of fused-ring (bicyclic) bond motifs is 12. The van der Waals surface area contributed by atoms with Gasteiger partial charge in [0.05, 0.1) is 0 Å². The number of aromatic nitrogens is 3. The summed E-state index contributed by atoms with van der Waals surface area (Å²) in [5, 5.41) is 9.54. The fourth-order valence-corrected chi connectivity index (χ4v) is 11.1. The molecule has 7 nitrogen and oxygen atoms in total. The Kier molecular flexibility index (Phi) is 12.2. The summed E-state index contributed by atoms with van der Waals surface area (Å²) in [6.07, 6.45) is 8.36. The Labute approximate surface area is 455 Å². The molecule has 0 radical (unpaired) electrons. The van der Waals surface area contributed by atoms with Gasteiger partial charge in [-0.1, -0.05) is 132 Å². The van der Waals surface area contributed by atoms with Crippen LogP contribution in [0.1, 0.15) is 22.3 Å². The van der Waals surface area contributed by atoms with Crippen LogP contribution in [0, 0.1) is 18.2 Å². The van der Waals surface area contributed by atoms with E-state index >= 15 is 0 Å². The topological polar surface area (TPSA) is 99.1 Å². The summed E-state index contributed by atoms with van der Waals surface area (Å²) in [6.45, 7) is 0. The summed E-state index contributed by atoms with van der Waals surface area (Å²) < 4.78 is 11.4. The maximum absolute atomic E-state index is 13.3. The van der Waals surface area contributed by atoms with E-state index in [0.29, 0.717) is 69.4 Å². The first-order valence-corrected chi connectivity index (χ1v) is 25.4. The molecular weight excluding hydrogens is 1130 g/mol. The van der Waals surface area contributed by atoms with E-state index < -0.39 is 11.3 Å². The van der Waals surface area contributed by atoms with Crippen molar-refractivity contribution >= 4 is 76.1 Å². The maximum Gasteiger partial charge on any atom is 3.00 e. The minimum atomic E-state index is -0.418. The average molecular weight is 1170 g/mol. The smallest absolute Gasteiger partial charge is 0.472 e. The molecule has 0 bridgehead atoms. The summed E-state index contributed by atoms with van der Waals surface area (Å²) in [7, 11) is 0. The molecule has 0 atom stereocenters. The van der Waals surface area contributed by atoms with Gasteiger partial charge in [0.25, 0.3) is 0 Å². The average Bonchev–Trinajstić information content (AvgIpc) is 3.55. The van der Waals surface area contributed by atoms with E-state index in [9.17, 15) is 9.59 Å². The monoisotopic (exact) mass is 1170 g/mol. The number of aryl methyl sites for hydroxylation is 4. The van der Waals surface area contributed by atoms with Gasteiger partial charge in [-0.15, -0.1) is 84.4 Å². The Morgan fingerprint density at radius 3 is 1.47 bits per heavy atom.